The van der Waals surface area contributed by atoms with Gasteiger partial charge in [-0.05, 0) is 38.1 Å². The number of rotatable bonds is 10. The van der Waals surface area contributed by atoms with E-state index in [0.29, 0.717) is 32.1 Å². The lowest BCUT2D eigenvalue weighted by molar-refractivity contribution is 0.0934. The lowest BCUT2D eigenvalue weighted by Gasteiger charge is -2.23. The number of halogens is 1. The third-order valence-electron chi connectivity index (χ3n) is 4.70. The summed E-state index contributed by atoms with van der Waals surface area (Å²) in [4.78, 5) is 2.07. The monoisotopic (exact) mass is 413 g/mol. The second-order valence-corrected chi connectivity index (χ2v) is 7.23. The molecule has 0 saturated heterocycles. The van der Waals surface area contributed by atoms with Crippen molar-refractivity contribution in [3.63, 3.8) is 0 Å². The number of aryl methyl sites for hydroxylation is 1. The molecular formula is C23H28FN3O3. The smallest absolute Gasteiger partial charge is 0.227 e. The van der Waals surface area contributed by atoms with Crippen molar-refractivity contribution >= 4 is 0 Å². The van der Waals surface area contributed by atoms with E-state index in [-0.39, 0.29) is 5.75 Å². The Hall–Kier alpha value is -2.74. The molecule has 1 N–H and O–H groups in total. The van der Waals surface area contributed by atoms with Crippen LogP contribution in [0.4, 0.5) is 4.39 Å². The number of nitrogens with zero attached hydrogens (tertiary/aromatic N) is 3. The van der Waals surface area contributed by atoms with Gasteiger partial charge >= 0.3 is 0 Å². The summed E-state index contributed by atoms with van der Waals surface area (Å²) in [6.45, 7) is 5.77. The van der Waals surface area contributed by atoms with Crippen molar-refractivity contribution < 1.29 is 19.0 Å². The quantitative estimate of drug-likeness (QED) is 0.546. The van der Waals surface area contributed by atoms with Gasteiger partial charge in [-0.2, -0.15) is 5.10 Å². The molecule has 0 aliphatic carbocycles. The third kappa shape index (κ3) is 5.44. The van der Waals surface area contributed by atoms with Crippen LogP contribution in [0.2, 0.25) is 0 Å². The molecule has 0 bridgehead atoms. The summed E-state index contributed by atoms with van der Waals surface area (Å²) in [6, 6.07) is 15.9. The van der Waals surface area contributed by atoms with Crippen LogP contribution in [0.25, 0.3) is 5.69 Å². The molecule has 0 spiro atoms. The molecule has 1 atom stereocenters. The molecule has 160 valence electrons. The number of aromatic nitrogens is 2. The molecule has 3 rings (SSSR count). The fourth-order valence-electron chi connectivity index (χ4n) is 3.25. The van der Waals surface area contributed by atoms with Crippen LogP contribution in [0.1, 0.15) is 18.2 Å². The molecular weight excluding hydrogens is 385 g/mol. The highest BCUT2D eigenvalue weighted by molar-refractivity contribution is 5.43. The molecule has 0 fully saturated rings. The minimum Gasteiger partial charge on any atom is -0.435 e. The summed E-state index contributed by atoms with van der Waals surface area (Å²) in [5.41, 5.74) is 2.43. The zero-order valence-corrected chi connectivity index (χ0v) is 17.6. The van der Waals surface area contributed by atoms with Gasteiger partial charge in [-0.3, -0.25) is 4.90 Å². The van der Waals surface area contributed by atoms with Gasteiger partial charge in [0, 0.05) is 26.7 Å². The fraction of sp³-hybridized carbons (Fsp3) is 0.348. The lowest BCUT2D eigenvalue weighted by atomic mass is 10.2. The van der Waals surface area contributed by atoms with Crippen LogP contribution in [0.5, 0.6) is 11.6 Å². The molecule has 1 aromatic heterocycles. The molecule has 0 unspecified atom stereocenters. The first-order chi connectivity index (χ1) is 14.5. The van der Waals surface area contributed by atoms with Gasteiger partial charge in [0.25, 0.3) is 0 Å². The highest BCUT2D eigenvalue weighted by Crippen LogP contribution is 2.32. The van der Waals surface area contributed by atoms with Crippen molar-refractivity contribution in [1.29, 1.82) is 0 Å². The van der Waals surface area contributed by atoms with Gasteiger partial charge in [-0.1, -0.05) is 30.3 Å². The zero-order chi connectivity index (χ0) is 21.5. The molecule has 0 aliphatic rings. The van der Waals surface area contributed by atoms with E-state index in [2.05, 4.69) is 10.00 Å². The minimum atomic E-state index is -0.498. The van der Waals surface area contributed by atoms with E-state index < -0.39 is 11.9 Å². The molecule has 0 aliphatic heterocycles. The van der Waals surface area contributed by atoms with E-state index in [9.17, 15) is 9.50 Å². The van der Waals surface area contributed by atoms with Crippen LogP contribution in [-0.2, 0) is 11.3 Å². The summed E-state index contributed by atoms with van der Waals surface area (Å²) < 4.78 is 27.3. The van der Waals surface area contributed by atoms with Gasteiger partial charge in [0.2, 0.25) is 5.88 Å². The topological polar surface area (TPSA) is 59.8 Å². The van der Waals surface area contributed by atoms with Crippen molar-refractivity contribution in [2.45, 2.75) is 26.5 Å². The van der Waals surface area contributed by atoms with Crippen LogP contribution >= 0.6 is 0 Å². The zero-order valence-electron chi connectivity index (χ0n) is 17.6. The van der Waals surface area contributed by atoms with E-state index in [1.54, 1.807) is 36.9 Å². The van der Waals surface area contributed by atoms with E-state index in [4.69, 9.17) is 9.47 Å². The summed E-state index contributed by atoms with van der Waals surface area (Å²) in [5.74, 6) is 0.147. The number of benzene rings is 2. The second-order valence-electron chi connectivity index (χ2n) is 7.23. The summed E-state index contributed by atoms with van der Waals surface area (Å²) in [7, 11) is 1.64. The van der Waals surface area contributed by atoms with E-state index in [1.807, 2.05) is 37.3 Å². The van der Waals surface area contributed by atoms with Crippen molar-refractivity contribution in [2.24, 2.45) is 0 Å². The Balaban J connectivity index is 2.02. The Bertz CT molecular complexity index is 944. The average Bonchev–Trinajstić information content (AvgIpc) is 3.03. The summed E-state index contributed by atoms with van der Waals surface area (Å²) in [6.07, 6.45) is -0.498. The van der Waals surface area contributed by atoms with Crippen LogP contribution < -0.4 is 4.74 Å². The maximum atomic E-state index is 14.3. The van der Waals surface area contributed by atoms with Gasteiger partial charge in [-0.15, -0.1) is 0 Å². The van der Waals surface area contributed by atoms with Gasteiger partial charge in [-0.25, -0.2) is 9.07 Å². The number of methoxy groups -OCH3 is 1. The van der Waals surface area contributed by atoms with E-state index >= 15 is 0 Å². The Morgan fingerprint density at radius 3 is 2.50 bits per heavy atom. The average molecular weight is 413 g/mol. The fourth-order valence-corrected chi connectivity index (χ4v) is 3.25. The molecule has 2 aromatic carbocycles. The van der Waals surface area contributed by atoms with Crippen molar-refractivity contribution in [3.8, 4) is 17.3 Å². The first kappa shape index (κ1) is 22.0. The summed E-state index contributed by atoms with van der Waals surface area (Å²) in [5, 5.41) is 14.6. The van der Waals surface area contributed by atoms with Gasteiger partial charge < -0.3 is 14.6 Å². The number of hydrogen-bond donors (Lipinski definition) is 1. The van der Waals surface area contributed by atoms with Crippen LogP contribution in [0.3, 0.4) is 0 Å². The van der Waals surface area contributed by atoms with Gasteiger partial charge in [0.1, 0.15) is 0 Å². The van der Waals surface area contributed by atoms with Crippen LogP contribution in [0, 0.1) is 12.7 Å². The Morgan fingerprint density at radius 1 is 1.13 bits per heavy atom. The maximum absolute atomic E-state index is 14.3. The molecule has 0 radical (unpaired) electrons. The lowest BCUT2D eigenvalue weighted by Crippen LogP contribution is -2.33. The third-order valence-corrected chi connectivity index (χ3v) is 4.70. The molecule has 30 heavy (non-hydrogen) atoms. The maximum Gasteiger partial charge on any atom is 0.227 e. The molecule has 3 aromatic rings. The molecule has 6 nitrogen and oxygen atoms in total. The highest BCUT2D eigenvalue weighted by Gasteiger charge is 2.22. The number of para-hydroxylation sites is 2. The molecule has 0 saturated carbocycles. The number of aliphatic hydroxyl groups excluding tert-OH is 1. The first-order valence-corrected chi connectivity index (χ1v) is 9.95. The standard InChI is InChI=1S/C23H28FN3O3/c1-17(28)15-26(13-14-29-3)16-20-18(2)25-27(19-9-5-4-6-10-19)23(20)30-22-12-8-7-11-21(22)24/h4-12,17,28H,13-16H2,1-3H3/t17-/m0/s1. The van der Waals surface area contributed by atoms with Gasteiger partial charge in [0.05, 0.1) is 29.7 Å². The van der Waals surface area contributed by atoms with Crippen LogP contribution in [0.15, 0.2) is 54.6 Å². The highest BCUT2D eigenvalue weighted by atomic mass is 19.1. The number of aliphatic hydroxyl groups is 1. The van der Waals surface area contributed by atoms with E-state index in [1.165, 1.54) is 6.07 Å². The Labute approximate surface area is 176 Å². The van der Waals surface area contributed by atoms with Crippen molar-refractivity contribution in [3.05, 3.63) is 71.7 Å². The minimum absolute atomic E-state index is 0.134. The second kappa shape index (κ2) is 10.3. The molecule has 0 amide bonds. The largest absolute Gasteiger partial charge is 0.435 e. The first-order valence-electron chi connectivity index (χ1n) is 9.95. The normalized spacial score (nSPS) is 12.3. The van der Waals surface area contributed by atoms with Gasteiger partial charge in [0.15, 0.2) is 11.6 Å². The predicted molar refractivity (Wildman–Crippen MR) is 114 cm³/mol. The number of hydrogen-bond acceptors (Lipinski definition) is 5. The predicted octanol–water partition coefficient (Wildman–Crippen LogP) is 3.94. The molecule has 7 heteroatoms. The Morgan fingerprint density at radius 2 is 1.83 bits per heavy atom. The molecule has 1 heterocycles. The van der Waals surface area contributed by atoms with Crippen molar-refractivity contribution in [2.75, 3.05) is 26.8 Å². The SMILES string of the molecule is COCCN(Cc1c(C)nn(-c2ccccc2)c1Oc1ccccc1F)C[C@H](C)O. The summed E-state index contributed by atoms with van der Waals surface area (Å²) >= 11 is 0. The number of ether oxygens (including phenoxy) is 2. The van der Waals surface area contributed by atoms with E-state index in [0.717, 1.165) is 16.9 Å². The van der Waals surface area contributed by atoms with Crippen molar-refractivity contribution in [1.82, 2.24) is 14.7 Å². The van der Waals surface area contributed by atoms with Crippen LogP contribution in [-0.4, -0.2) is 52.7 Å². The Kier molecular flexibility index (Phi) is 7.57.